The van der Waals surface area contributed by atoms with E-state index in [1.165, 1.54) is 6.07 Å². The number of amidine groups is 1. The van der Waals surface area contributed by atoms with Crippen LogP contribution >= 0.6 is 0 Å². The van der Waals surface area contributed by atoms with E-state index < -0.39 is 28.7 Å². The number of rotatable bonds is 4. The van der Waals surface area contributed by atoms with Gasteiger partial charge in [0.2, 0.25) is 0 Å². The third-order valence-electron chi connectivity index (χ3n) is 4.69. The monoisotopic (exact) mass is 355 g/mol. The number of hydrogen-bond acceptors (Lipinski definition) is 5. The van der Waals surface area contributed by atoms with Gasteiger partial charge in [-0.25, -0.2) is 14.6 Å². The molecule has 8 heteroatoms. The van der Waals surface area contributed by atoms with Gasteiger partial charge in [-0.2, -0.15) is 0 Å². The van der Waals surface area contributed by atoms with Crippen molar-refractivity contribution in [3.8, 4) is 0 Å². The number of amides is 1. The largest absolute Gasteiger partial charge is 0.478 e. The molecule has 0 bridgehead atoms. The molecule has 1 amide bonds. The van der Waals surface area contributed by atoms with Crippen molar-refractivity contribution in [2.45, 2.75) is 26.3 Å². The van der Waals surface area contributed by atoms with Gasteiger partial charge in [0.1, 0.15) is 11.4 Å². The highest BCUT2D eigenvalue weighted by atomic mass is 16.4. The summed E-state index contributed by atoms with van der Waals surface area (Å²) in [6, 6.07) is 6.22. The van der Waals surface area contributed by atoms with E-state index in [4.69, 9.17) is 0 Å². The number of benzene rings is 1. The van der Waals surface area contributed by atoms with Crippen LogP contribution in [0.4, 0.5) is 0 Å². The molecule has 3 rings (SSSR count). The Hall–Kier alpha value is -3.29. The lowest BCUT2D eigenvalue weighted by Gasteiger charge is -2.21. The number of carbonyl (C=O) groups excluding carboxylic acids is 1. The number of hydrogen-bond donors (Lipinski definition) is 3. The maximum Gasteiger partial charge on any atom is 0.355 e. The molecular weight excluding hydrogens is 338 g/mol. The Kier molecular flexibility index (Phi) is 3.98. The molecule has 134 valence electrons. The first-order chi connectivity index (χ1) is 12.1. The number of nitrogens with zero attached hydrogens (tertiary/aromatic N) is 2. The molecule has 3 N–H and O–H groups in total. The molecule has 1 aromatic heterocycles. The normalized spacial score (nSPS) is 19.5. The summed E-state index contributed by atoms with van der Waals surface area (Å²) in [5.74, 6) is -2.82. The van der Waals surface area contributed by atoms with Crippen LogP contribution in [0.3, 0.4) is 0 Å². The lowest BCUT2D eigenvalue weighted by atomic mass is 9.89. The second kappa shape index (κ2) is 5.91. The van der Waals surface area contributed by atoms with Crippen LogP contribution in [-0.4, -0.2) is 44.4 Å². The predicted molar refractivity (Wildman–Crippen MR) is 93.6 cm³/mol. The van der Waals surface area contributed by atoms with Crippen LogP contribution < -0.4 is 5.32 Å². The molecule has 8 nitrogen and oxygen atoms in total. The van der Waals surface area contributed by atoms with Crippen molar-refractivity contribution in [2.75, 3.05) is 0 Å². The van der Waals surface area contributed by atoms with E-state index in [9.17, 15) is 24.6 Å². The molecule has 1 unspecified atom stereocenters. The predicted octanol–water partition coefficient (Wildman–Crippen LogP) is 1.92. The summed E-state index contributed by atoms with van der Waals surface area (Å²) in [5, 5.41) is 21.7. The zero-order valence-corrected chi connectivity index (χ0v) is 14.4. The van der Waals surface area contributed by atoms with Gasteiger partial charge in [-0.3, -0.25) is 9.79 Å². The number of nitrogens with one attached hydrogen (secondary N) is 1. The molecule has 1 aliphatic rings. The van der Waals surface area contributed by atoms with E-state index in [1.807, 2.05) is 13.8 Å². The lowest BCUT2D eigenvalue weighted by molar-refractivity contribution is -0.124. The Morgan fingerprint density at radius 2 is 1.88 bits per heavy atom. The minimum Gasteiger partial charge on any atom is -0.478 e. The third kappa shape index (κ3) is 2.59. The molecule has 1 aromatic carbocycles. The molecule has 2 aromatic rings. The van der Waals surface area contributed by atoms with Crippen LogP contribution in [0.1, 0.15) is 47.2 Å². The van der Waals surface area contributed by atoms with Crippen LogP contribution in [0.2, 0.25) is 0 Å². The summed E-state index contributed by atoms with van der Waals surface area (Å²) in [6.07, 6.45) is 0. The number of carboxylic acids is 2. The maximum atomic E-state index is 12.4. The van der Waals surface area contributed by atoms with Crippen LogP contribution in [0.15, 0.2) is 29.3 Å². The van der Waals surface area contributed by atoms with Crippen molar-refractivity contribution in [3.63, 3.8) is 0 Å². The molecule has 0 saturated carbocycles. The van der Waals surface area contributed by atoms with Crippen LogP contribution in [0.25, 0.3) is 10.9 Å². The molecule has 0 radical (unpaired) electrons. The Bertz CT molecular complexity index is 996. The topological polar surface area (TPSA) is 129 Å². The highest BCUT2D eigenvalue weighted by Gasteiger charge is 2.42. The Balaban J connectivity index is 2.26. The average Bonchev–Trinajstić information content (AvgIpc) is 2.89. The molecule has 0 aliphatic carbocycles. The fourth-order valence-corrected chi connectivity index (χ4v) is 2.78. The molecular formula is C18H17N3O5. The Labute approximate surface area is 148 Å². The van der Waals surface area contributed by atoms with Gasteiger partial charge in [-0.15, -0.1) is 0 Å². The molecule has 1 aliphatic heterocycles. The zero-order chi connectivity index (χ0) is 19.2. The number of carboxylic acid groups (broad SMARTS) is 2. The van der Waals surface area contributed by atoms with Crippen molar-refractivity contribution >= 4 is 34.6 Å². The van der Waals surface area contributed by atoms with Gasteiger partial charge in [-0.1, -0.05) is 26.0 Å². The summed E-state index contributed by atoms with van der Waals surface area (Å²) < 4.78 is 0. The number of aromatic carboxylic acids is 2. The number of para-hydroxylation sites is 1. The lowest BCUT2D eigenvalue weighted by Crippen LogP contribution is -2.41. The van der Waals surface area contributed by atoms with Gasteiger partial charge in [-0.05, 0) is 25.0 Å². The van der Waals surface area contributed by atoms with Gasteiger partial charge in [0.25, 0.3) is 5.91 Å². The third-order valence-corrected chi connectivity index (χ3v) is 4.69. The fraction of sp³-hybridized carbons (Fsp3) is 0.278. The molecule has 0 saturated heterocycles. The Morgan fingerprint density at radius 1 is 1.19 bits per heavy atom. The number of aromatic nitrogens is 1. The van der Waals surface area contributed by atoms with Crippen LogP contribution in [-0.2, 0) is 4.79 Å². The first kappa shape index (κ1) is 17.5. The van der Waals surface area contributed by atoms with E-state index in [-0.39, 0.29) is 17.3 Å². The summed E-state index contributed by atoms with van der Waals surface area (Å²) >= 11 is 0. The molecule has 0 spiro atoms. The number of aliphatic imine (C=N–C) groups is 1. The van der Waals surface area contributed by atoms with Gasteiger partial charge >= 0.3 is 11.9 Å². The van der Waals surface area contributed by atoms with Gasteiger partial charge < -0.3 is 15.5 Å². The first-order valence-electron chi connectivity index (χ1n) is 7.97. The maximum absolute atomic E-state index is 12.4. The minimum absolute atomic E-state index is 0.0453. The highest BCUT2D eigenvalue weighted by Crippen LogP contribution is 2.29. The fourth-order valence-electron chi connectivity index (χ4n) is 2.78. The number of carbonyl (C=O) groups is 3. The molecule has 0 fully saturated rings. The molecule has 2 heterocycles. The van der Waals surface area contributed by atoms with E-state index in [0.717, 1.165) is 0 Å². The quantitative estimate of drug-likeness (QED) is 0.768. The molecule has 26 heavy (non-hydrogen) atoms. The summed E-state index contributed by atoms with van der Waals surface area (Å²) in [6.45, 7) is 5.49. The minimum atomic E-state index is -1.44. The van der Waals surface area contributed by atoms with Crippen molar-refractivity contribution in [2.24, 2.45) is 10.9 Å². The second-order valence-corrected chi connectivity index (χ2v) is 6.59. The Morgan fingerprint density at radius 3 is 2.42 bits per heavy atom. The van der Waals surface area contributed by atoms with Gasteiger partial charge in [0, 0.05) is 10.9 Å². The number of fused-ring (bicyclic) bond motifs is 1. The van der Waals surface area contributed by atoms with Crippen molar-refractivity contribution in [3.05, 3.63) is 41.1 Å². The first-order valence-corrected chi connectivity index (χ1v) is 7.97. The van der Waals surface area contributed by atoms with E-state index >= 15 is 0 Å². The average molecular weight is 355 g/mol. The van der Waals surface area contributed by atoms with Gasteiger partial charge in [0.15, 0.2) is 5.69 Å². The number of pyridine rings is 1. The summed E-state index contributed by atoms with van der Waals surface area (Å²) in [5.41, 5.74) is -1.18. The van der Waals surface area contributed by atoms with E-state index in [2.05, 4.69) is 15.3 Å². The van der Waals surface area contributed by atoms with E-state index in [0.29, 0.717) is 16.8 Å². The summed E-state index contributed by atoms with van der Waals surface area (Å²) in [7, 11) is 0. The zero-order valence-electron chi connectivity index (χ0n) is 14.4. The molecule has 1 atom stereocenters. The summed E-state index contributed by atoms with van der Waals surface area (Å²) in [4.78, 5) is 43.7. The van der Waals surface area contributed by atoms with Crippen molar-refractivity contribution in [1.29, 1.82) is 0 Å². The standard InChI is InChI=1S/C18H17N3O5/c1-8(2)18(3)17(26)20-14(21-18)10-6-4-5-9-7-11(15(22)23)13(16(24)25)19-12(9)10/h4-8H,1-3H3,(H,22,23)(H,24,25)(H,20,21,26). The van der Waals surface area contributed by atoms with Gasteiger partial charge in [0.05, 0.1) is 11.1 Å². The second-order valence-electron chi connectivity index (χ2n) is 6.59. The van der Waals surface area contributed by atoms with Crippen LogP contribution in [0.5, 0.6) is 0 Å². The van der Waals surface area contributed by atoms with Crippen molar-refractivity contribution in [1.82, 2.24) is 10.3 Å². The SMILES string of the molecule is CC(C)C1(C)N=C(c2cccc3cc(C(=O)O)c(C(=O)O)nc23)NC1=O. The smallest absolute Gasteiger partial charge is 0.355 e. The highest BCUT2D eigenvalue weighted by molar-refractivity contribution is 6.20. The van der Waals surface area contributed by atoms with Crippen molar-refractivity contribution < 1.29 is 24.6 Å². The van der Waals surface area contributed by atoms with Crippen LogP contribution in [0, 0.1) is 5.92 Å². The van der Waals surface area contributed by atoms with E-state index in [1.54, 1.807) is 25.1 Å².